The predicted octanol–water partition coefficient (Wildman–Crippen LogP) is 2.37. The van der Waals surface area contributed by atoms with Gasteiger partial charge in [0, 0.05) is 25.7 Å². The molecule has 0 spiro atoms. The molecule has 16 heavy (non-hydrogen) atoms. The standard InChI is InChI=1S/C11H14BrN3O/c1-8-11(12)10(15(2)14-8)6-13-5-9-3-4-16-7-9/h3-4,7,13H,5-6H2,1-2H3. The number of rotatable bonds is 4. The molecule has 0 amide bonds. The van der Waals surface area contributed by atoms with Crippen LogP contribution < -0.4 is 5.32 Å². The first kappa shape index (κ1) is 11.4. The lowest BCUT2D eigenvalue weighted by atomic mass is 10.3. The zero-order chi connectivity index (χ0) is 11.5. The van der Waals surface area contributed by atoms with Crippen molar-refractivity contribution in [2.45, 2.75) is 20.0 Å². The highest BCUT2D eigenvalue weighted by molar-refractivity contribution is 9.10. The second kappa shape index (κ2) is 4.84. The van der Waals surface area contributed by atoms with Crippen LogP contribution in [0.4, 0.5) is 0 Å². The molecule has 2 heterocycles. The Morgan fingerprint density at radius 2 is 2.31 bits per heavy atom. The molecule has 0 aliphatic rings. The van der Waals surface area contributed by atoms with E-state index in [2.05, 4.69) is 26.3 Å². The third kappa shape index (κ3) is 2.36. The summed E-state index contributed by atoms with van der Waals surface area (Å²) in [5, 5.41) is 7.69. The maximum atomic E-state index is 5.00. The van der Waals surface area contributed by atoms with Gasteiger partial charge in [0.25, 0.3) is 0 Å². The van der Waals surface area contributed by atoms with Crippen LogP contribution in [0.25, 0.3) is 0 Å². The van der Waals surface area contributed by atoms with Crippen molar-refractivity contribution in [2.75, 3.05) is 0 Å². The third-order valence-electron chi connectivity index (χ3n) is 2.46. The van der Waals surface area contributed by atoms with Gasteiger partial charge in [-0.3, -0.25) is 4.68 Å². The molecular weight excluding hydrogens is 270 g/mol. The average Bonchev–Trinajstić information content (AvgIpc) is 2.82. The Bertz CT molecular complexity index is 462. The Kier molecular flexibility index (Phi) is 3.46. The monoisotopic (exact) mass is 283 g/mol. The molecule has 2 rings (SSSR count). The number of nitrogens with one attached hydrogen (secondary N) is 1. The van der Waals surface area contributed by atoms with E-state index < -0.39 is 0 Å². The van der Waals surface area contributed by atoms with Crippen molar-refractivity contribution in [3.63, 3.8) is 0 Å². The minimum Gasteiger partial charge on any atom is -0.472 e. The van der Waals surface area contributed by atoms with E-state index in [1.807, 2.05) is 24.7 Å². The zero-order valence-corrected chi connectivity index (χ0v) is 10.9. The molecule has 0 fully saturated rings. The largest absolute Gasteiger partial charge is 0.472 e. The SMILES string of the molecule is Cc1nn(C)c(CNCc2ccoc2)c1Br. The van der Waals surface area contributed by atoms with Gasteiger partial charge in [0.15, 0.2) is 0 Å². The molecule has 5 heteroatoms. The molecule has 4 nitrogen and oxygen atoms in total. The maximum Gasteiger partial charge on any atom is 0.0947 e. The molecule has 1 N–H and O–H groups in total. The number of hydrogen-bond donors (Lipinski definition) is 1. The number of hydrogen-bond acceptors (Lipinski definition) is 3. The Morgan fingerprint density at radius 3 is 2.88 bits per heavy atom. The van der Waals surface area contributed by atoms with Crippen LogP contribution in [0.3, 0.4) is 0 Å². The summed E-state index contributed by atoms with van der Waals surface area (Å²) in [7, 11) is 1.95. The molecule has 2 aromatic rings. The van der Waals surface area contributed by atoms with Gasteiger partial charge in [-0.1, -0.05) is 0 Å². The minimum absolute atomic E-state index is 0.781. The van der Waals surface area contributed by atoms with Crippen LogP contribution in [0.5, 0.6) is 0 Å². The van der Waals surface area contributed by atoms with Gasteiger partial charge in [0.2, 0.25) is 0 Å². The van der Waals surface area contributed by atoms with E-state index in [1.165, 1.54) is 0 Å². The van der Waals surface area contributed by atoms with Crippen molar-refractivity contribution < 1.29 is 4.42 Å². The van der Waals surface area contributed by atoms with E-state index in [9.17, 15) is 0 Å². The molecule has 0 radical (unpaired) electrons. The summed E-state index contributed by atoms with van der Waals surface area (Å²) < 4.78 is 7.97. The van der Waals surface area contributed by atoms with E-state index in [0.29, 0.717) is 0 Å². The van der Waals surface area contributed by atoms with Crippen LogP contribution in [-0.4, -0.2) is 9.78 Å². The Balaban J connectivity index is 1.95. The zero-order valence-electron chi connectivity index (χ0n) is 9.33. The summed E-state index contributed by atoms with van der Waals surface area (Å²) in [6.07, 6.45) is 3.43. The first-order valence-electron chi connectivity index (χ1n) is 5.08. The van der Waals surface area contributed by atoms with Gasteiger partial charge in [-0.25, -0.2) is 0 Å². The van der Waals surface area contributed by atoms with E-state index in [1.54, 1.807) is 12.5 Å². The fraction of sp³-hybridized carbons (Fsp3) is 0.364. The number of aromatic nitrogens is 2. The van der Waals surface area contributed by atoms with Crippen molar-refractivity contribution in [3.8, 4) is 0 Å². The van der Waals surface area contributed by atoms with Gasteiger partial charge in [-0.05, 0) is 28.9 Å². The number of aryl methyl sites for hydroxylation is 2. The minimum atomic E-state index is 0.781. The van der Waals surface area contributed by atoms with Gasteiger partial charge in [0.05, 0.1) is 28.4 Å². The molecule has 2 aromatic heterocycles. The smallest absolute Gasteiger partial charge is 0.0947 e. The predicted molar refractivity (Wildman–Crippen MR) is 64.9 cm³/mol. The molecule has 0 aliphatic heterocycles. The van der Waals surface area contributed by atoms with Crippen molar-refractivity contribution in [2.24, 2.45) is 7.05 Å². The molecular formula is C11H14BrN3O. The fourth-order valence-corrected chi connectivity index (χ4v) is 2.07. The molecule has 86 valence electrons. The van der Waals surface area contributed by atoms with Crippen molar-refractivity contribution in [1.82, 2.24) is 15.1 Å². The third-order valence-corrected chi connectivity index (χ3v) is 3.49. The van der Waals surface area contributed by atoms with Gasteiger partial charge >= 0.3 is 0 Å². The summed E-state index contributed by atoms with van der Waals surface area (Å²) >= 11 is 3.54. The van der Waals surface area contributed by atoms with Gasteiger partial charge in [0.1, 0.15) is 0 Å². The highest BCUT2D eigenvalue weighted by atomic mass is 79.9. The normalized spacial score (nSPS) is 10.9. The van der Waals surface area contributed by atoms with Crippen molar-refractivity contribution in [3.05, 3.63) is 40.0 Å². The van der Waals surface area contributed by atoms with Crippen LogP contribution in [0.15, 0.2) is 27.5 Å². The molecule has 0 atom stereocenters. The molecule has 0 aliphatic carbocycles. The van der Waals surface area contributed by atoms with Crippen LogP contribution in [-0.2, 0) is 20.1 Å². The first-order chi connectivity index (χ1) is 7.68. The van der Waals surface area contributed by atoms with Gasteiger partial charge in [-0.2, -0.15) is 5.10 Å². The Morgan fingerprint density at radius 1 is 1.50 bits per heavy atom. The van der Waals surface area contributed by atoms with Crippen LogP contribution in [0.1, 0.15) is 17.0 Å². The molecule has 0 saturated carbocycles. The summed E-state index contributed by atoms with van der Waals surface area (Å²) in [4.78, 5) is 0. The number of furan rings is 1. The lowest BCUT2D eigenvalue weighted by Gasteiger charge is -2.04. The molecule has 0 aromatic carbocycles. The highest BCUT2D eigenvalue weighted by Crippen LogP contribution is 2.19. The van der Waals surface area contributed by atoms with E-state index in [4.69, 9.17) is 4.42 Å². The topological polar surface area (TPSA) is 43.0 Å². The summed E-state index contributed by atoms with van der Waals surface area (Å²) in [6, 6.07) is 1.95. The molecule has 0 unspecified atom stereocenters. The first-order valence-corrected chi connectivity index (χ1v) is 5.87. The average molecular weight is 284 g/mol. The Hall–Kier alpha value is -1.07. The van der Waals surface area contributed by atoms with Crippen molar-refractivity contribution in [1.29, 1.82) is 0 Å². The molecule has 0 saturated heterocycles. The highest BCUT2D eigenvalue weighted by Gasteiger charge is 2.09. The Labute approximate surface area is 103 Å². The second-order valence-electron chi connectivity index (χ2n) is 3.70. The fourth-order valence-electron chi connectivity index (χ4n) is 1.59. The van der Waals surface area contributed by atoms with Crippen LogP contribution >= 0.6 is 15.9 Å². The van der Waals surface area contributed by atoms with Crippen LogP contribution in [0, 0.1) is 6.92 Å². The lowest BCUT2D eigenvalue weighted by Crippen LogP contribution is -2.15. The van der Waals surface area contributed by atoms with Crippen LogP contribution in [0.2, 0.25) is 0 Å². The number of nitrogens with zero attached hydrogens (tertiary/aromatic N) is 2. The lowest BCUT2D eigenvalue weighted by molar-refractivity contribution is 0.558. The quantitative estimate of drug-likeness (QED) is 0.937. The number of halogens is 1. The van der Waals surface area contributed by atoms with Crippen molar-refractivity contribution >= 4 is 15.9 Å². The summed E-state index contributed by atoms with van der Waals surface area (Å²) in [5.41, 5.74) is 3.32. The van der Waals surface area contributed by atoms with Gasteiger partial charge in [-0.15, -0.1) is 0 Å². The molecule has 0 bridgehead atoms. The maximum absolute atomic E-state index is 5.00. The summed E-state index contributed by atoms with van der Waals surface area (Å²) in [5.74, 6) is 0. The van der Waals surface area contributed by atoms with E-state index in [0.717, 1.165) is 34.5 Å². The van der Waals surface area contributed by atoms with Gasteiger partial charge < -0.3 is 9.73 Å². The second-order valence-corrected chi connectivity index (χ2v) is 4.50. The van der Waals surface area contributed by atoms with E-state index in [-0.39, 0.29) is 0 Å². The van der Waals surface area contributed by atoms with E-state index >= 15 is 0 Å². The summed E-state index contributed by atoms with van der Waals surface area (Å²) in [6.45, 7) is 3.57.